The number of imidazole rings is 1. The van der Waals surface area contributed by atoms with Crippen molar-refractivity contribution >= 4 is 28.5 Å². The fraction of sp³-hybridized carbons (Fsp3) is 0.333. The maximum Gasteiger partial charge on any atom is 0.422 e. The summed E-state index contributed by atoms with van der Waals surface area (Å²) in [6.45, 7) is -1.73. The zero-order valence-corrected chi connectivity index (χ0v) is 20.1. The highest BCUT2D eigenvalue weighted by Gasteiger charge is 2.29. The first-order chi connectivity index (χ1) is 17.4. The molecule has 3 rings (SSSR count). The topological polar surface area (TPSA) is 109 Å². The fourth-order valence-electron chi connectivity index (χ4n) is 3.29. The number of fused-ring (bicyclic) bond motifs is 1. The number of amides is 2. The van der Waals surface area contributed by atoms with Crippen LogP contribution in [0.3, 0.4) is 0 Å². The van der Waals surface area contributed by atoms with Crippen molar-refractivity contribution in [2.45, 2.75) is 32.0 Å². The molecule has 9 nitrogen and oxygen atoms in total. The SMILES string of the molecule is CN(C)C(=O)/C=C/CCCC(=O)Nc1cccn(Cc2nc3c(OCC(F)(F)F)cc(F)cc3[nH]2)c1=O. The van der Waals surface area contributed by atoms with E-state index < -0.39 is 24.2 Å². The number of nitrogens with zero attached hydrogens (tertiary/aromatic N) is 3. The van der Waals surface area contributed by atoms with Gasteiger partial charge in [-0.2, -0.15) is 13.2 Å². The van der Waals surface area contributed by atoms with Crippen molar-refractivity contribution in [3.63, 3.8) is 0 Å². The Morgan fingerprint density at radius 3 is 2.73 bits per heavy atom. The summed E-state index contributed by atoms with van der Waals surface area (Å²) in [6, 6.07) is 4.82. The highest BCUT2D eigenvalue weighted by Crippen LogP contribution is 2.27. The third-order valence-electron chi connectivity index (χ3n) is 5.05. The van der Waals surface area contributed by atoms with Gasteiger partial charge in [0.15, 0.2) is 12.4 Å². The number of halogens is 4. The van der Waals surface area contributed by atoms with Crippen molar-refractivity contribution in [2.75, 3.05) is 26.0 Å². The number of anilines is 1. The Bertz CT molecular complexity index is 1360. The van der Waals surface area contributed by atoms with E-state index in [0.717, 1.165) is 12.1 Å². The molecule has 0 spiro atoms. The number of benzene rings is 1. The third-order valence-corrected chi connectivity index (χ3v) is 5.05. The molecule has 0 fully saturated rings. The first kappa shape index (κ1) is 27.4. The number of likely N-dealkylation sites (N-methyl/N-ethyl adjacent to an activating group) is 1. The maximum absolute atomic E-state index is 13.9. The molecule has 0 aliphatic rings. The van der Waals surface area contributed by atoms with Gasteiger partial charge in [0.05, 0.1) is 12.1 Å². The average molecular weight is 523 g/mol. The Kier molecular flexibility index (Phi) is 8.69. The average Bonchev–Trinajstić information content (AvgIpc) is 3.21. The lowest BCUT2D eigenvalue weighted by molar-refractivity contribution is -0.153. The molecule has 2 aromatic heterocycles. The van der Waals surface area contributed by atoms with E-state index in [1.165, 1.54) is 33.9 Å². The van der Waals surface area contributed by atoms with E-state index in [4.69, 9.17) is 4.74 Å². The number of rotatable bonds is 10. The van der Waals surface area contributed by atoms with Gasteiger partial charge >= 0.3 is 6.18 Å². The van der Waals surface area contributed by atoms with E-state index in [2.05, 4.69) is 15.3 Å². The predicted octanol–water partition coefficient (Wildman–Crippen LogP) is 3.61. The van der Waals surface area contributed by atoms with Crippen molar-refractivity contribution in [2.24, 2.45) is 0 Å². The summed E-state index contributed by atoms with van der Waals surface area (Å²) in [6.07, 6.45) is 1.03. The number of ether oxygens (including phenoxy) is 1. The number of aromatic nitrogens is 3. The number of hydrogen-bond donors (Lipinski definition) is 2. The zero-order valence-electron chi connectivity index (χ0n) is 20.1. The molecule has 0 aliphatic carbocycles. The number of alkyl halides is 3. The highest BCUT2D eigenvalue weighted by atomic mass is 19.4. The van der Waals surface area contributed by atoms with Crippen molar-refractivity contribution in [1.29, 1.82) is 0 Å². The predicted molar refractivity (Wildman–Crippen MR) is 128 cm³/mol. The number of hydrogen-bond acceptors (Lipinski definition) is 5. The number of allylic oxidation sites excluding steroid dienone is 1. The monoisotopic (exact) mass is 523 g/mol. The smallest absolute Gasteiger partial charge is 0.422 e. The van der Waals surface area contributed by atoms with Gasteiger partial charge in [0.2, 0.25) is 11.8 Å². The number of aromatic amines is 1. The summed E-state index contributed by atoms with van der Waals surface area (Å²) in [7, 11) is 3.26. The van der Waals surface area contributed by atoms with Crippen LogP contribution in [0.4, 0.5) is 23.2 Å². The molecule has 0 aliphatic heterocycles. The zero-order chi connectivity index (χ0) is 27.2. The normalized spacial score (nSPS) is 11.7. The van der Waals surface area contributed by atoms with E-state index in [1.54, 1.807) is 20.2 Å². The second kappa shape index (κ2) is 11.7. The van der Waals surface area contributed by atoms with Crippen LogP contribution >= 0.6 is 0 Å². The van der Waals surface area contributed by atoms with Gasteiger partial charge < -0.3 is 24.5 Å². The van der Waals surface area contributed by atoms with Crippen LogP contribution in [0, 0.1) is 5.82 Å². The number of nitrogens with one attached hydrogen (secondary N) is 2. The van der Waals surface area contributed by atoms with Gasteiger partial charge in [-0.3, -0.25) is 14.4 Å². The molecule has 0 bridgehead atoms. The Hall–Kier alpha value is -4.16. The summed E-state index contributed by atoms with van der Waals surface area (Å²) in [4.78, 5) is 44.9. The van der Waals surface area contributed by atoms with Crippen molar-refractivity contribution in [1.82, 2.24) is 19.4 Å². The van der Waals surface area contributed by atoms with Crippen LogP contribution in [0.5, 0.6) is 5.75 Å². The molecular weight excluding hydrogens is 498 g/mol. The lowest BCUT2D eigenvalue weighted by atomic mass is 10.2. The fourth-order valence-corrected chi connectivity index (χ4v) is 3.29. The minimum absolute atomic E-state index is 0.0144. The summed E-state index contributed by atoms with van der Waals surface area (Å²) in [5, 5.41) is 2.55. The molecule has 2 heterocycles. The third kappa shape index (κ3) is 7.92. The molecule has 13 heteroatoms. The quantitative estimate of drug-likeness (QED) is 0.240. The molecule has 2 N–H and O–H groups in total. The molecule has 0 saturated heterocycles. The van der Waals surface area contributed by atoms with Gasteiger partial charge in [-0.25, -0.2) is 9.37 Å². The van der Waals surface area contributed by atoms with E-state index in [1.807, 2.05) is 0 Å². The molecule has 2 amide bonds. The molecule has 0 saturated carbocycles. The Morgan fingerprint density at radius 2 is 2.03 bits per heavy atom. The molecule has 0 atom stereocenters. The summed E-state index contributed by atoms with van der Waals surface area (Å²) in [5.74, 6) is -1.57. The standard InChI is InChI=1S/C24H25F4N5O4/c1-32(2)21(35)9-5-3-4-8-20(34)30-16-7-6-10-33(23(16)36)13-19-29-17-11-15(25)12-18(22(17)31-19)37-14-24(26,27)28/h5-7,9-12H,3-4,8,13-14H2,1-2H3,(H,29,31)(H,30,34)/b9-5+. The number of H-pyrrole nitrogens is 1. The van der Waals surface area contributed by atoms with Gasteiger partial charge in [0, 0.05) is 32.8 Å². The second-order valence-electron chi connectivity index (χ2n) is 8.32. The maximum atomic E-state index is 13.9. The van der Waals surface area contributed by atoms with Crippen LogP contribution in [0.1, 0.15) is 25.1 Å². The molecule has 198 valence electrons. The second-order valence-corrected chi connectivity index (χ2v) is 8.32. The van der Waals surface area contributed by atoms with Crippen LogP contribution in [0.25, 0.3) is 11.0 Å². The molecule has 37 heavy (non-hydrogen) atoms. The van der Waals surface area contributed by atoms with E-state index in [0.29, 0.717) is 12.8 Å². The number of carbonyl (C=O) groups excluding carboxylic acids is 2. The molecule has 0 radical (unpaired) electrons. The van der Waals surface area contributed by atoms with Gasteiger partial charge in [0.25, 0.3) is 5.56 Å². The Balaban J connectivity index is 1.67. The van der Waals surface area contributed by atoms with Gasteiger partial charge in [-0.1, -0.05) is 6.08 Å². The molecular formula is C24H25F4N5O4. The van der Waals surface area contributed by atoms with Crippen LogP contribution in [0.15, 0.2) is 47.4 Å². The summed E-state index contributed by atoms with van der Waals surface area (Å²) in [5.41, 5.74) is -0.416. The number of pyridine rings is 1. The Labute approximate surface area is 208 Å². The first-order valence-corrected chi connectivity index (χ1v) is 11.2. The van der Waals surface area contributed by atoms with Crippen molar-refractivity contribution < 1.29 is 31.9 Å². The number of unbranched alkanes of at least 4 members (excludes halogenated alkanes) is 1. The minimum atomic E-state index is -4.61. The van der Waals surface area contributed by atoms with E-state index in [-0.39, 0.29) is 53.1 Å². The van der Waals surface area contributed by atoms with Gasteiger partial charge in [0.1, 0.15) is 22.8 Å². The van der Waals surface area contributed by atoms with Gasteiger partial charge in [-0.15, -0.1) is 0 Å². The van der Waals surface area contributed by atoms with Crippen LogP contribution in [-0.4, -0.2) is 58.1 Å². The summed E-state index contributed by atoms with van der Waals surface area (Å²) >= 11 is 0. The molecule has 0 unspecified atom stereocenters. The molecule has 1 aromatic carbocycles. The van der Waals surface area contributed by atoms with Crippen LogP contribution in [-0.2, 0) is 16.1 Å². The van der Waals surface area contributed by atoms with Crippen LogP contribution in [0.2, 0.25) is 0 Å². The van der Waals surface area contributed by atoms with E-state index in [9.17, 15) is 31.9 Å². The first-order valence-electron chi connectivity index (χ1n) is 11.2. The van der Waals surface area contributed by atoms with Crippen molar-refractivity contribution in [3.8, 4) is 5.75 Å². The largest absolute Gasteiger partial charge is 0.482 e. The Morgan fingerprint density at radius 1 is 1.27 bits per heavy atom. The van der Waals surface area contributed by atoms with Crippen LogP contribution < -0.4 is 15.6 Å². The number of carbonyl (C=O) groups is 2. The lowest BCUT2D eigenvalue weighted by Crippen LogP contribution is -2.26. The lowest BCUT2D eigenvalue weighted by Gasteiger charge is -2.09. The van der Waals surface area contributed by atoms with E-state index >= 15 is 0 Å². The highest BCUT2D eigenvalue weighted by molar-refractivity contribution is 5.90. The van der Waals surface area contributed by atoms with Crippen molar-refractivity contribution in [3.05, 3.63) is 64.6 Å². The summed E-state index contributed by atoms with van der Waals surface area (Å²) < 4.78 is 57.4. The minimum Gasteiger partial charge on any atom is -0.482 e. The van der Waals surface area contributed by atoms with Gasteiger partial charge in [-0.05, 0) is 37.1 Å². The molecule has 3 aromatic rings.